The normalized spacial score (nSPS) is 21.4. The molecule has 1 aliphatic heterocycles. The van der Waals surface area contributed by atoms with Crippen LogP contribution in [0, 0.1) is 0 Å². The highest BCUT2D eigenvalue weighted by Gasteiger charge is 2.43. The van der Waals surface area contributed by atoms with E-state index in [0.29, 0.717) is 35.1 Å². The maximum absolute atomic E-state index is 12.9. The Morgan fingerprint density at radius 3 is 2.87 bits per heavy atom. The van der Waals surface area contributed by atoms with Gasteiger partial charge in [0.15, 0.2) is 0 Å². The van der Waals surface area contributed by atoms with E-state index >= 15 is 0 Å². The number of nitrogens with one attached hydrogen (secondary N) is 1. The quantitative estimate of drug-likeness (QED) is 0.871. The van der Waals surface area contributed by atoms with Crippen LogP contribution in [0.1, 0.15) is 47.9 Å². The SMILES string of the molecule is CC(C)c1nn(C)c(Cl)c1C(=O)N1CC[C@](O)(c2cn[nH]n2)C1. The Kier molecular flexibility index (Phi) is 3.89. The molecule has 0 unspecified atom stereocenters. The van der Waals surface area contributed by atoms with Gasteiger partial charge in [0.05, 0.1) is 24.0 Å². The summed E-state index contributed by atoms with van der Waals surface area (Å²) in [6.07, 6.45) is 1.88. The van der Waals surface area contributed by atoms with Crippen LogP contribution in [0.4, 0.5) is 0 Å². The minimum Gasteiger partial charge on any atom is -0.381 e. The predicted octanol–water partition coefficient (Wildman–Crippen LogP) is 1.05. The van der Waals surface area contributed by atoms with Crippen molar-refractivity contribution in [2.24, 2.45) is 7.05 Å². The second-order valence-electron chi connectivity index (χ2n) is 6.19. The molecule has 3 heterocycles. The van der Waals surface area contributed by atoms with Crippen LogP contribution in [0.5, 0.6) is 0 Å². The van der Waals surface area contributed by atoms with Gasteiger partial charge in [-0.05, 0) is 5.92 Å². The first kappa shape index (κ1) is 15.9. The van der Waals surface area contributed by atoms with Gasteiger partial charge in [-0.3, -0.25) is 9.48 Å². The van der Waals surface area contributed by atoms with E-state index in [1.807, 2.05) is 13.8 Å². The lowest BCUT2D eigenvalue weighted by molar-refractivity contribution is 0.0381. The number of aromatic nitrogens is 5. The van der Waals surface area contributed by atoms with Gasteiger partial charge in [0.1, 0.15) is 16.4 Å². The first-order chi connectivity index (χ1) is 10.8. The number of rotatable bonds is 3. The van der Waals surface area contributed by atoms with Crippen molar-refractivity contribution in [2.75, 3.05) is 13.1 Å². The molecule has 124 valence electrons. The summed E-state index contributed by atoms with van der Waals surface area (Å²) < 4.78 is 1.50. The largest absolute Gasteiger partial charge is 0.381 e. The predicted molar refractivity (Wildman–Crippen MR) is 83.1 cm³/mol. The molecule has 0 saturated carbocycles. The van der Waals surface area contributed by atoms with Gasteiger partial charge in [0.2, 0.25) is 0 Å². The van der Waals surface area contributed by atoms with Crippen LogP contribution in [-0.4, -0.2) is 54.2 Å². The number of aliphatic hydroxyl groups is 1. The lowest BCUT2D eigenvalue weighted by Crippen LogP contribution is -2.35. The number of β-amino-alcohol motifs (C(OH)–C–C–N with tert-alkyl or cyclic N) is 1. The Morgan fingerprint density at radius 2 is 2.26 bits per heavy atom. The smallest absolute Gasteiger partial charge is 0.259 e. The Hall–Kier alpha value is -1.93. The monoisotopic (exact) mass is 338 g/mol. The Balaban J connectivity index is 1.88. The minimum absolute atomic E-state index is 0.0738. The summed E-state index contributed by atoms with van der Waals surface area (Å²) in [5.41, 5.74) is 0.331. The number of likely N-dealkylation sites (tertiary alicyclic amines) is 1. The number of hydrogen-bond acceptors (Lipinski definition) is 5. The fraction of sp³-hybridized carbons (Fsp3) is 0.571. The maximum Gasteiger partial charge on any atom is 0.259 e. The van der Waals surface area contributed by atoms with Crippen molar-refractivity contribution >= 4 is 17.5 Å². The molecule has 2 N–H and O–H groups in total. The summed E-state index contributed by atoms with van der Waals surface area (Å²) in [6, 6.07) is 0. The Labute approximate surface area is 138 Å². The van der Waals surface area contributed by atoms with E-state index in [0.717, 1.165) is 0 Å². The third kappa shape index (κ3) is 2.61. The molecule has 8 nitrogen and oxygen atoms in total. The molecule has 2 aromatic heterocycles. The van der Waals surface area contributed by atoms with Crippen molar-refractivity contribution in [2.45, 2.75) is 31.8 Å². The van der Waals surface area contributed by atoms with Gasteiger partial charge in [-0.15, -0.1) is 0 Å². The van der Waals surface area contributed by atoms with E-state index in [4.69, 9.17) is 11.6 Å². The average Bonchev–Trinajstić information content (AvgIpc) is 3.20. The molecule has 1 saturated heterocycles. The number of aromatic amines is 1. The second kappa shape index (κ2) is 5.61. The molecule has 1 fully saturated rings. The van der Waals surface area contributed by atoms with E-state index in [1.54, 1.807) is 11.9 Å². The minimum atomic E-state index is -1.19. The molecule has 1 atom stereocenters. The summed E-state index contributed by atoms with van der Waals surface area (Å²) in [7, 11) is 1.71. The molecular weight excluding hydrogens is 320 g/mol. The summed E-state index contributed by atoms with van der Waals surface area (Å²) in [5, 5.41) is 25.5. The van der Waals surface area contributed by atoms with E-state index in [-0.39, 0.29) is 18.4 Å². The lowest BCUT2D eigenvalue weighted by Gasteiger charge is -2.21. The van der Waals surface area contributed by atoms with Crippen molar-refractivity contribution in [1.82, 2.24) is 30.1 Å². The lowest BCUT2D eigenvalue weighted by atomic mass is 10.00. The maximum atomic E-state index is 12.9. The van der Waals surface area contributed by atoms with Crippen molar-refractivity contribution in [3.63, 3.8) is 0 Å². The first-order valence-corrected chi connectivity index (χ1v) is 7.81. The van der Waals surface area contributed by atoms with Gasteiger partial charge in [-0.2, -0.15) is 20.5 Å². The highest BCUT2D eigenvalue weighted by molar-refractivity contribution is 6.33. The zero-order valence-electron chi connectivity index (χ0n) is 13.2. The molecule has 2 aromatic rings. The number of H-pyrrole nitrogens is 1. The second-order valence-corrected chi connectivity index (χ2v) is 6.55. The van der Waals surface area contributed by atoms with Crippen LogP contribution in [0.2, 0.25) is 5.15 Å². The number of nitrogens with zero attached hydrogens (tertiary/aromatic N) is 5. The van der Waals surface area contributed by atoms with E-state index in [2.05, 4.69) is 20.5 Å². The number of carbonyl (C=O) groups is 1. The van der Waals surface area contributed by atoms with Crippen molar-refractivity contribution in [1.29, 1.82) is 0 Å². The number of halogens is 1. The Morgan fingerprint density at radius 1 is 1.52 bits per heavy atom. The zero-order valence-corrected chi connectivity index (χ0v) is 14.0. The van der Waals surface area contributed by atoms with Crippen LogP contribution < -0.4 is 0 Å². The van der Waals surface area contributed by atoms with Crippen LogP contribution in [0.15, 0.2) is 6.20 Å². The van der Waals surface area contributed by atoms with Crippen molar-refractivity contribution in [3.05, 3.63) is 28.3 Å². The number of amides is 1. The van der Waals surface area contributed by atoms with Crippen LogP contribution in [0.25, 0.3) is 0 Å². The topological polar surface area (TPSA) is 99.9 Å². The van der Waals surface area contributed by atoms with E-state index in [9.17, 15) is 9.90 Å². The van der Waals surface area contributed by atoms with E-state index < -0.39 is 5.60 Å². The first-order valence-electron chi connectivity index (χ1n) is 7.44. The molecular formula is C14H19ClN6O2. The van der Waals surface area contributed by atoms with Crippen LogP contribution in [-0.2, 0) is 12.6 Å². The third-order valence-electron chi connectivity index (χ3n) is 4.19. The molecule has 1 aliphatic rings. The average molecular weight is 339 g/mol. The van der Waals surface area contributed by atoms with Crippen LogP contribution >= 0.6 is 11.6 Å². The van der Waals surface area contributed by atoms with E-state index in [1.165, 1.54) is 10.9 Å². The molecule has 0 aliphatic carbocycles. The standard InChI is InChI=1S/C14H19ClN6O2/c1-8(2)11-10(12(15)20(3)18-11)13(22)21-5-4-14(23,7-21)9-6-16-19-17-9/h6,8,23H,4-5,7H2,1-3H3,(H,16,17,19)/t14-/m1/s1. The van der Waals surface area contributed by atoms with Crippen molar-refractivity contribution in [3.8, 4) is 0 Å². The number of hydrogen-bond donors (Lipinski definition) is 2. The zero-order chi connectivity index (χ0) is 16.8. The van der Waals surface area contributed by atoms with Gasteiger partial charge in [0, 0.05) is 20.0 Å². The molecule has 0 radical (unpaired) electrons. The fourth-order valence-corrected chi connectivity index (χ4v) is 3.10. The van der Waals surface area contributed by atoms with Crippen molar-refractivity contribution < 1.29 is 9.90 Å². The summed E-state index contributed by atoms with van der Waals surface area (Å²) in [4.78, 5) is 14.5. The fourth-order valence-electron chi connectivity index (χ4n) is 2.89. The summed E-state index contributed by atoms with van der Waals surface area (Å²) in [5.74, 6) is -0.143. The summed E-state index contributed by atoms with van der Waals surface area (Å²) in [6.45, 7) is 4.50. The molecule has 23 heavy (non-hydrogen) atoms. The molecule has 0 aromatic carbocycles. The van der Waals surface area contributed by atoms with Crippen LogP contribution in [0.3, 0.4) is 0 Å². The van der Waals surface area contributed by atoms with Gasteiger partial charge in [0.25, 0.3) is 5.91 Å². The molecule has 1 amide bonds. The highest BCUT2D eigenvalue weighted by Crippen LogP contribution is 2.33. The van der Waals surface area contributed by atoms with Gasteiger partial charge >= 0.3 is 0 Å². The highest BCUT2D eigenvalue weighted by atomic mass is 35.5. The number of aryl methyl sites for hydroxylation is 1. The summed E-state index contributed by atoms with van der Waals surface area (Å²) >= 11 is 6.27. The van der Waals surface area contributed by atoms with Gasteiger partial charge in [-0.25, -0.2) is 0 Å². The van der Waals surface area contributed by atoms with Gasteiger partial charge in [-0.1, -0.05) is 25.4 Å². The molecule has 0 spiro atoms. The third-order valence-corrected chi connectivity index (χ3v) is 4.63. The van der Waals surface area contributed by atoms with Gasteiger partial charge < -0.3 is 10.0 Å². The molecule has 0 bridgehead atoms. The molecule has 3 rings (SSSR count). The Bertz CT molecular complexity index is 726. The number of carbonyl (C=O) groups excluding carboxylic acids is 1. The molecule has 9 heteroatoms.